The molecule has 5 heteroatoms. The van der Waals surface area contributed by atoms with Gasteiger partial charge in [0.1, 0.15) is 0 Å². The van der Waals surface area contributed by atoms with E-state index in [1.807, 2.05) is 12.1 Å². The summed E-state index contributed by atoms with van der Waals surface area (Å²) in [4.78, 5) is 14.0. The fourth-order valence-corrected chi connectivity index (χ4v) is 2.52. The van der Waals surface area contributed by atoms with Crippen LogP contribution in [0.25, 0.3) is 0 Å². The summed E-state index contributed by atoms with van der Waals surface area (Å²) in [5.74, 6) is -0.145. The number of carbonyl (C=O) groups excluding carboxylic acids is 1. The van der Waals surface area contributed by atoms with Crippen LogP contribution in [0.4, 0.5) is 5.69 Å². The summed E-state index contributed by atoms with van der Waals surface area (Å²) in [7, 11) is 1.69. The summed E-state index contributed by atoms with van der Waals surface area (Å²) in [6.45, 7) is 0. The second-order valence-corrected chi connectivity index (χ2v) is 5.92. The van der Waals surface area contributed by atoms with E-state index in [4.69, 9.17) is 5.26 Å². The van der Waals surface area contributed by atoms with Gasteiger partial charge >= 0.3 is 0 Å². The molecule has 0 N–H and O–H groups in total. The van der Waals surface area contributed by atoms with E-state index in [0.717, 1.165) is 8.95 Å². The second-order valence-electron chi connectivity index (χ2n) is 4.15. The van der Waals surface area contributed by atoms with Crippen molar-refractivity contribution >= 4 is 43.5 Å². The highest BCUT2D eigenvalue weighted by Gasteiger charge is 2.17. The third kappa shape index (κ3) is 3.09. The summed E-state index contributed by atoms with van der Waals surface area (Å²) < 4.78 is 1.57. The summed E-state index contributed by atoms with van der Waals surface area (Å²) in [5.41, 5.74) is 1.76. The minimum Gasteiger partial charge on any atom is -0.311 e. The Morgan fingerprint density at radius 3 is 2.65 bits per heavy atom. The van der Waals surface area contributed by atoms with E-state index in [1.165, 1.54) is 4.90 Å². The van der Waals surface area contributed by atoms with Crippen molar-refractivity contribution in [2.45, 2.75) is 0 Å². The Labute approximate surface area is 134 Å². The highest BCUT2D eigenvalue weighted by atomic mass is 79.9. The van der Waals surface area contributed by atoms with Gasteiger partial charge in [-0.1, -0.05) is 22.0 Å². The molecule has 20 heavy (non-hydrogen) atoms. The van der Waals surface area contributed by atoms with Gasteiger partial charge in [0.25, 0.3) is 5.91 Å². The van der Waals surface area contributed by atoms with Crippen LogP contribution in [0.2, 0.25) is 0 Å². The zero-order valence-electron chi connectivity index (χ0n) is 10.6. The van der Waals surface area contributed by atoms with Crippen molar-refractivity contribution in [3.05, 3.63) is 62.5 Å². The van der Waals surface area contributed by atoms with Gasteiger partial charge in [0.2, 0.25) is 0 Å². The maximum Gasteiger partial charge on any atom is 0.259 e. The molecule has 0 atom stereocenters. The molecule has 0 aliphatic rings. The van der Waals surface area contributed by atoms with E-state index in [2.05, 4.69) is 37.9 Å². The van der Waals surface area contributed by atoms with Crippen molar-refractivity contribution in [1.82, 2.24) is 0 Å². The van der Waals surface area contributed by atoms with E-state index >= 15 is 0 Å². The molecular formula is C15H10Br2N2O. The first kappa shape index (κ1) is 14.8. The van der Waals surface area contributed by atoms with Gasteiger partial charge in [-0.3, -0.25) is 4.79 Å². The normalized spacial score (nSPS) is 9.90. The van der Waals surface area contributed by atoms with Crippen LogP contribution in [0.15, 0.2) is 51.4 Å². The smallest absolute Gasteiger partial charge is 0.259 e. The predicted molar refractivity (Wildman–Crippen MR) is 85.7 cm³/mol. The number of anilines is 1. The van der Waals surface area contributed by atoms with Crippen LogP contribution in [0.1, 0.15) is 15.9 Å². The second kappa shape index (κ2) is 6.21. The summed E-state index contributed by atoms with van der Waals surface area (Å²) >= 11 is 6.74. The monoisotopic (exact) mass is 392 g/mol. The Morgan fingerprint density at radius 2 is 1.95 bits per heavy atom. The van der Waals surface area contributed by atoms with Crippen LogP contribution in [0, 0.1) is 11.3 Å². The fraction of sp³-hybridized carbons (Fsp3) is 0.0667. The van der Waals surface area contributed by atoms with Crippen LogP contribution >= 0.6 is 31.9 Å². The number of hydrogen-bond donors (Lipinski definition) is 0. The molecule has 1 amide bonds. The van der Waals surface area contributed by atoms with Crippen LogP contribution in [-0.2, 0) is 0 Å². The zero-order valence-corrected chi connectivity index (χ0v) is 13.8. The third-order valence-electron chi connectivity index (χ3n) is 2.83. The predicted octanol–water partition coefficient (Wildman–Crippen LogP) is 4.36. The molecule has 0 spiro atoms. The summed E-state index contributed by atoms with van der Waals surface area (Å²) in [6.07, 6.45) is 0. The van der Waals surface area contributed by atoms with Crippen molar-refractivity contribution in [2.24, 2.45) is 0 Å². The van der Waals surface area contributed by atoms with Gasteiger partial charge in [-0.2, -0.15) is 5.26 Å². The SMILES string of the molecule is CN(C(=O)c1cc(Br)ccc1Br)c1cccc(C#N)c1. The quantitative estimate of drug-likeness (QED) is 0.760. The van der Waals surface area contributed by atoms with Gasteiger partial charge in [-0.05, 0) is 52.3 Å². The van der Waals surface area contributed by atoms with Crippen LogP contribution in [0.5, 0.6) is 0 Å². The van der Waals surface area contributed by atoms with E-state index in [1.54, 1.807) is 37.4 Å². The molecule has 0 radical (unpaired) electrons. The first-order chi connectivity index (χ1) is 9.52. The van der Waals surface area contributed by atoms with Gasteiger partial charge < -0.3 is 4.90 Å². The molecule has 2 rings (SSSR count). The van der Waals surface area contributed by atoms with Gasteiger partial charge in [0, 0.05) is 21.7 Å². The Hall–Kier alpha value is -1.64. The molecule has 3 nitrogen and oxygen atoms in total. The largest absolute Gasteiger partial charge is 0.311 e. The Morgan fingerprint density at radius 1 is 1.20 bits per heavy atom. The third-order valence-corrected chi connectivity index (χ3v) is 4.01. The Balaban J connectivity index is 2.37. The number of benzene rings is 2. The molecule has 0 aromatic heterocycles. The molecule has 0 heterocycles. The molecule has 0 aliphatic heterocycles. The van der Waals surface area contributed by atoms with Crippen molar-refractivity contribution in [3.8, 4) is 6.07 Å². The van der Waals surface area contributed by atoms with Crippen molar-refractivity contribution < 1.29 is 4.79 Å². The minimum absolute atomic E-state index is 0.145. The standard InChI is InChI=1S/C15H10Br2N2O/c1-19(12-4-2-3-10(7-12)9-18)15(20)13-8-11(16)5-6-14(13)17/h2-8H,1H3. The number of amides is 1. The average Bonchev–Trinajstić information content (AvgIpc) is 2.48. The molecule has 0 bridgehead atoms. The lowest BCUT2D eigenvalue weighted by Crippen LogP contribution is -2.26. The van der Waals surface area contributed by atoms with E-state index in [9.17, 15) is 4.79 Å². The molecule has 0 saturated carbocycles. The van der Waals surface area contributed by atoms with Gasteiger partial charge in [-0.25, -0.2) is 0 Å². The lowest BCUT2D eigenvalue weighted by molar-refractivity contribution is 0.0992. The first-order valence-corrected chi connectivity index (χ1v) is 7.35. The van der Waals surface area contributed by atoms with Gasteiger partial charge in [0.05, 0.1) is 17.2 Å². The van der Waals surface area contributed by atoms with Gasteiger partial charge in [0.15, 0.2) is 0 Å². The number of carbonyl (C=O) groups is 1. The highest BCUT2D eigenvalue weighted by Crippen LogP contribution is 2.25. The zero-order chi connectivity index (χ0) is 14.7. The van der Waals surface area contributed by atoms with Crippen LogP contribution in [0.3, 0.4) is 0 Å². The Bertz CT molecular complexity index is 707. The summed E-state index contributed by atoms with van der Waals surface area (Å²) in [5, 5.41) is 8.91. The van der Waals surface area contributed by atoms with E-state index < -0.39 is 0 Å². The molecular weight excluding hydrogens is 384 g/mol. The number of halogens is 2. The molecule has 100 valence electrons. The number of hydrogen-bond acceptors (Lipinski definition) is 2. The molecule has 0 unspecified atom stereocenters. The lowest BCUT2D eigenvalue weighted by Gasteiger charge is -2.18. The van der Waals surface area contributed by atoms with Crippen LogP contribution in [-0.4, -0.2) is 13.0 Å². The molecule has 0 saturated heterocycles. The highest BCUT2D eigenvalue weighted by molar-refractivity contribution is 9.11. The number of nitriles is 1. The number of rotatable bonds is 2. The lowest BCUT2D eigenvalue weighted by atomic mass is 10.1. The van der Waals surface area contributed by atoms with Crippen molar-refractivity contribution in [1.29, 1.82) is 5.26 Å². The maximum atomic E-state index is 12.5. The average molecular weight is 394 g/mol. The van der Waals surface area contributed by atoms with Crippen LogP contribution < -0.4 is 4.90 Å². The topological polar surface area (TPSA) is 44.1 Å². The molecule has 2 aromatic carbocycles. The molecule has 2 aromatic rings. The van der Waals surface area contributed by atoms with Crippen molar-refractivity contribution in [2.75, 3.05) is 11.9 Å². The molecule has 0 aliphatic carbocycles. The molecule has 0 fully saturated rings. The van der Waals surface area contributed by atoms with Crippen molar-refractivity contribution in [3.63, 3.8) is 0 Å². The van der Waals surface area contributed by atoms with Gasteiger partial charge in [-0.15, -0.1) is 0 Å². The maximum absolute atomic E-state index is 12.5. The van der Waals surface area contributed by atoms with E-state index in [0.29, 0.717) is 16.8 Å². The summed E-state index contributed by atoms with van der Waals surface area (Å²) in [6, 6.07) is 14.4. The minimum atomic E-state index is -0.145. The first-order valence-electron chi connectivity index (χ1n) is 5.76. The fourth-order valence-electron chi connectivity index (χ4n) is 1.74. The van der Waals surface area contributed by atoms with E-state index in [-0.39, 0.29) is 5.91 Å². The number of nitrogens with zero attached hydrogens (tertiary/aromatic N) is 2. The Kier molecular flexibility index (Phi) is 4.58.